The van der Waals surface area contributed by atoms with E-state index < -0.39 is 54.6 Å². The Morgan fingerprint density at radius 3 is 1.81 bits per heavy atom. The van der Waals surface area contributed by atoms with Crippen LogP contribution in [0.2, 0.25) is 0 Å². The monoisotopic (exact) mass is 392 g/mol. The first-order valence-corrected chi connectivity index (χ1v) is 8.18. The molecule has 1 aliphatic heterocycles. The lowest BCUT2D eigenvalue weighted by Crippen LogP contribution is -2.63. The minimum absolute atomic E-state index is 0.173. The number of hydrogen-bond donors (Lipinski definition) is 1. The van der Waals surface area contributed by atoms with Crippen LogP contribution in [0, 0.1) is 0 Å². The molecule has 0 aromatic carbocycles. The van der Waals surface area contributed by atoms with Crippen LogP contribution in [0.15, 0.2) is 0 Å². The predicted octanol–water partition coefficient (Wildman–Crippen LogP) is -0.922. The summed E-state index contributed by atoms with van der Waals surface area (Å²) in [7, 11) is 0. The molecule has 0 saturated carbocycles. The Balaban J connectivity index is 3.22. The molecule has 5 atom stereocenters. The molecule has 154 valence electrons. The third-order valence-corrected chi connectivity index (χ3v) is 3.32. The summed E-state index contributed by atoms with van der Waals surface area (Å²) in [6.07, 6.45) is -6.14. The average molecular weight is 392 g/mol. The van der Waals surface area contributed by atoms with Crippen molar-refractivity contribution < 1.29 is 52.7 Å². The number of rotatable bonds is 8. The predicted molar refractivity (Wildman–Crippen MR) is 85.0 cm³/mol. The molecule has 3 unspecified atom stereocenters. The molecule has 1 aliphatic rings. The van der Waals surface area contributed by atoms with Gasteiger partial charge in [-0.1, -0.05) is 0 Å². The Bertz CT molecular complexity index is 546. The highest BCUT2D eigenvalue weighted by molar-refractivity contribution is 5.68. The molecule has 27 heavy (non-hydrogen) atoms. The van der Waals surface area contributed by atoms with Crippen molar-refractivity contribution in [1.82, 2.24) is 0 Å². The summed E-state index contributed by atoms with van der Waals surface area (Å²) < 4.78 is 31.4. The first kappa shape index (κ1) is 22.8. The van der Waals surface area contributed by atoms with E-state index >= 15 is 0 Å². The van der Waals surface area contributed by atoms with Crippen LogP contribution in [-0.2, 0) is 47.6 Å². The van der Waals surface area contributed by atoms with Crippen LogP contribution in [0.3, 0.4) is 0 Å². The third kappa shape index (κ3) is 7.49. The molecule has 0 aromatic rings. The van der Waals surface area contributed by atoms with E-state index in [4.69, 9.17) is 33.5 Å². The van der Waals surface area contributed by atoms with Gasteiger partial charge in [-0.3, -0.25) is 19.2 Å². The van der Waals surface area contributed by atoms with E-state index in [1.807, 2.05) is 0 Å². The molecule has 1 heterocycles. The van der Waals surface area contributed by atoms with Crippen molar-refractivity contribution in [3.63, 3.8) is 0 Å². The fourth-order valence-electron chi connectivity index (χ4n) is 2.49. The van der Waals surface area contributed by atoms with Gasteiger partial charge in [0.05, 0.1) is 13.2 Å². The van der Waals surface area contributed by atoms with Gasteiger partial charge < -0.3 is 33.5 Å². The van der Waals surface area contributed by atoms with Gasteiger partial charge in [-0.05, 0) is 0 Å². The molecule has 0 aliphatic carbocycles. The first-order chi connectivity index (χ1) is 12.6. The molecule has 11 nitrogen and oxygen atoms in total. The van der Waals surface area contributed by atoms with Gasteiger partial charge in [-0.15, -0.1) is 0 Å². The van der Waals surface area contributed by atoms with Crippen LogP contribution in [0.25, 0.3) is 0 Å². The quantitative estimate of drug-likeness (QED) is 0.404. The molecule has 0 bridgehead atoms. The molecule has 1 N–H and O–H groups in total. The van der Waals surface area contributed by atoms with E-state index in [1.165, 1.54) is 6.92 Å². The smallest absolute Gasteiger partial charge is 0.303 e. The number of ether oxygens (including phenoxy) is 6. The summed E-state index contributed by atoms with van der Waals surface area (Å²) in [5.41, 5.74) is 0. The summed E-state index contributed by atoms with van der Waals surface area (Å²) in [6.45, 7) is 3.68. The zero-order valence-electron chi connectivity index (χ0n) is 15.5. The number of carbonyl (C=O) groups is 4. The fourth-order valence-corrected chi connectivity index (χ4v) is 2.49. The van der Waals surface area contributed by atoms with Gasteiger partial charge in [0.1, 0.15) is 12.7 Å². The zero-order chi connectivity index (χ0) is 20.6. The standard InChI is InChI=1S/C16H24O11/c1-8(18)23-7-12-13(24-9(2)19)14(25-10(3)20)15(26-11(4)21)16(27-12)22-6-5-17/h12-17H,5-7H2,1-4H3/t12?,13-,14?,15-,16?/m1/s1. The van der Waals surface area contributed by atoms with Crippen molar-refractivity contribution in [2.24, 2.45) is 0 Å². The Morgan fingerprint density at radius 2 is 1.33 bits per heavy atom. The van der Waals surface area contributed by atoms with Crippen LogP contribution in [-0.4, -0.2) is 79.5 Å². The number of aliphatic hydroxyl groups is 1. The molecule has 1 fully saturated rings. The highest BCUT2D eigenvalue weighted by atomic mass is 16.7. The Hall–Kier alpha value is -2.24. The lowest BCUT2D eigenvalue weighted by molar-refractivity contribution is -0.308. The second-order valence-corrected chi connectivity index (χ2v) is 5.66. The van der Waals surface area contributed by atoms with E-state index in [2.05, 4.69) is 0 Å². The van der Waals surface area contributed by atoms with Crippen molar-refractivity contribution in [2.75, 3.05) is 19.8 Å². The second-order valence-electron chi connectivity index (χ2n) is 5.66. The first-order valence-electron chi connectivity index (χ1n) is 8.18. The maximum absolute atomic E-state index is 11.6. The minimum Gasteiger partial charge on any atom is -0.463 e. The largest absolute Gasteiger partial charge is 0.463 e. The molecule has 0 spiro atoms. The molecule has 0 radical (unpaired) electrons. The van der Waals surface area contributed by atoms with Crippen LogP contribution in [0.1, 0.15) is 27.7 Å². The van der Waals surface area contributed by atoms with Crippen molar-refractivity contribution in [3.8, 4) is 0 Å². The lowest BCUT2D eigenvalue weighted by Gasteiger charge is -2.43. The summed E-state index contributed by atoms with van der Waals surface area (Å²) in [5, 5.41) is 8.98. The summed E-state index contributed by atoms with van der Waals surface area (Å²) in [5.74, 6) is -2.79. The van der Waals surface area contributed by atoms with Gasteiger partial charge in [-0.25, -0.2) is 0 Å². The van der Waals surface area contributed by atoms with Gasteiger partial charge in [0.25, 0.3) is 0 Å². The highest BCUT2D eigenvalue weighted by Gasteiger charge is 2.52. The van der Waals surface area contributed by atoms with Gasteiger partial charge in [-0.2, -0.15) is 0 Å². The molecule has 0 aromatic heterocycles. The van der Waals surface area contributed by atoms with E-state index in [-0.39, 0.29) is 19.8 Å². The zero-order valence-corrected chi connectivity index (χ0v) is 15.5. The highest BCUT2D eigenvalue weighted by Crippen LogP contribution is 2.29. The van der Waals surface area contributed by atoms with E-state index in [0.717, 1.165) is 20.8 Å². The normalized spacial score (nSPS) is 27.4. The Kier molecular flexibility index (Phi) is 9.12. The summed E-state index contributed by atoms with van der Waals surface area (Å²) >= 11 is 0. The number of hydrogen-bond acceptors (Lipinski definition) is 11. The molecule has 1 rings (SSSR count). The van der Waals surface area contributed by atoms with E-state index in [1.54, 1.807) is 0 Å². The third-order valence-electron chi connectivity index (χ3n) is 3.32. The van der Waals surface area contributed by atoms with Gasteiger partial charge in [0.15, 0.2) is 24.6 Å². The Morgan fingerprint density at radius 1 is 0.815 bits per heavy atom. The van der Waals surface area contributed by atoms with Crippen molar-refractivity contribution >= 4 is 23.9 Å². The number of carbonyl (C=O) groups excluding carboxylic acids is 4. The van der Waals surface area contributed by atoms with E-state index in [9.17, 15) is 19.2 Å². The molecule has 0 amide bonds. The van der Waals surface area contributed by atoms with Gasteiger partial charge >= 0.3 is 23.9 Å². The van der Waals surface area contributed by atoms with Crippen molar-refractivity contribution in [3.05, 3.63) is 0 Å². The minimum atomic E-state index is -1.28. The van der Waals surface area contributed by atoms with Crippen LogP contribution < -0.4 is 0 Å². The Labute approximate surface area is 155 Å². The number of aliphatic hydroxyl groups excluding tert-OH is 1. The van der Waals surface area contributed by atoms with Gasteiger partial charge in [0, 0.05) is 27.7 Å². The van der Waals surface area contributed by atoms with Crippen LogP contribution in [0.4, 0.5) is 0 Å². The van der Waals surface area contributed by atoms with Crippen molar-refractivity contribution in [2.45, 2.75) is 58.4 Å². The number of esters is 4. The molecular weight excluding hydrogens is 368 g/mol. The topological polar surface area (TPSA) is 144 Å². The van der Waals surface area contributed by atoms with Gasteiger partial charge in [0.2, 0.25) is 0 Å². The van der Waals surface area contributed by atoms with Crippen molar-refractivity contribution in [1.29, 1.82) is 0 Å². The SMILES string of the molecule is CC(=O)OCC1OC(OCCO)[C@H](OC(C)=O)C(OC(C)=O)[C@@H]1OC(C)=O. The second kappa shape index (κ2) is 10.8. The van der Waals surface area contributed by atoms with Crippen LogP contribution in [0.5, 0.6) is 0 Å². The lowest BCUT2D eigenvalue weighted by atomic mass is 9.98. The maximum Gasteiger partial charge on any atom is 0.303 e. The maximum atomic E-state index is 11.6. The van der Waals surface area contributed by atoms with Crippen LogP contribution >= 0.6 is 0 Å². The average Bonchev–Trinajstić information content (AvgIpc) is 2.54. The summed E-state index contributed by atoms with van der Waals surface area (Å²) in [6, 6.07) is 0. The summed E-state index contributed by atoms with van der Waals surface area (Å²) in [4.78, 5) is 45.7. The fraction of sp³-hybridized carbons (Fsp3) is 0.750. The van der Waals surface area contributed by atoms with E-state index in [0.29, 0.717) is 0 Å². The molecular formula is C16H24O11. The molecule has 11 heteroatoms. The molecule has 1 saturated heterocycles.